The van der Waals surface area contributed by atoms with Crippen molar-refractivity contribution in [1.29, 1.82) is 0 Å². The molecule has 0 unspecified atom stereocenters. The highest BCUT2D eigenvalue weighted by Crippen LogP contribution is 2.51. The van der Waals surface area contributed by atoms with Crippen LogP contribution >= 0.6 is 28.8 Å². The van der Waals surface area contributed by atoms with Crippen LogP contribution < -0.4 is 20.1 Å². The molecule has 0 fully saturated rings. The Morgan fingerprint density at radius 2 is 0.585 bits per heavy atom. The van der Waals surface area contributed by atoms with Gasteiger partial charge in [0, 0.05) is 21.7 Å². The lowest BCUT2D eigenvalue weighted by Crippen LogP contribution is -2.08. The molecule has 0 N–H and O–H groups in total. The minimum absolute atomic E-state index is 0.658. The van der Waals surface area contributed by atoms with Crippen molar-refractivity contribution in [3.05, 3.63) is 174 Å². The molecule has 434 valence electrons. The molecule has 0 bridgehead atoms. The van der Waals surface area contributed by atoms with Gasteiger partial charge in [-0.15, -0.1) is 0 Å². The van der Waals surface area contributed by atoms with Crippen molar-refractivity contribution in [3.63, 3.8) is 0 Å². The lowest BCUT2D eigenvalue weighted by Gasteiger charge is -2.22. The van der Waals surface area contributed by atoms with Gasteiger partial charge in [0.1, 0.15) is 11.5 Å². The maximum atomic E-state index is 6.97. The zero-order valence-corrected chi connectivity index (χ0v) is 57.6. The minimum Gasteiger partial charge on any atom is -0.493 e. The molecule has 0 amide bonds. The van der Waals surface area contributed by atoms with E-state index in [2.05, 4.69) is 246 Å². The van der Waals surface area contributed by atoms with E-state index in [1.54, 1.807) is 0 Å². The molecule has 82 heavy (non-hydrogen) atoms. The maximum Gasteiger partial charge on any atom is 0.127 e. The van der Waals surface area contributed by atoms with Gasteiger partial charge in [-0.3, -0.25) is 0 Å². The third-order valence-electron chi connectivity index (χ3n) is 15.4. The van der Waals surface area contributed by atoms with Crippen molar-refractivity contribution in [2.24, 2.45) is 0 Å². The predicted molar refractivity (Wildman–Crippen MR) is 378 cm³/mol. The molecular weight excluding hydrogens is 1070 g/mol. The second-order valence-electron chi connectivity index (χ2n) is 25.5. The summed E-state index contributed by atoms with van der Waals surface area (Å²) in [6.45, 7) is 45.4. The fourth-order valence-corrected chi connectivity index (χ4v) is 19.6. The monoisotopic (exact) mass is 1170 g/mol. The summed E-state index contributed by atoms with van der Waals surface area (Å²) in [4.78, 5) is 0. The van der Waals surface area contributed by atoms with Crippen LogP contribution in [-0.2, 0) is 0 Å². The Hall–Kier alpha value is -4.92. The van der Waals surface area contributed by atoms with Crippen molar-refractivity contribution in [2.75, 3.05) is 53.2 Å². The van der Waals surface area contributed by atoms with Crippen LogP contribution in [0.15, 0.2) is 84.9 Å². The first-order chi connectivity index (χ1) is 38.7. The lowest BCUT2D eigenvalue weighted by atomic mass is 9.87. The van der Waals surface area contributed by atoms with Crippen LogP contribution in [0.4, 0.5) is 0 Å². The van der Waals surface area contributed by atoms with Gasteiger partial charge in [0.15, 0.2) is 0 Å². The molecule has 6 heteroatoms. The van der Waals surface area contributed by atoms with Gasteiger partial charge in [-0.1, -0.05) is 176 Å². The van der Waals surface area contributed by atoms with Gasteiger partial charge in [0.05, 0.1) is 13.2 Å². The van der Waals surface area contributed by atoms with Gasteiger partial charge in [0.25, 0.3) is 0 Å². The molecule has 0 heterocycles. The van der Waals surface area contributed by atoms with Crippen LogP contribution in [-0.4, -0.2) is 53.2 Å². The largest absolute Gasteiger partial charge is 0.493 e. The number of rotatable bonds is 22. The molecular formula is C76H98O2P4. The highest BCUT2D eigenvalue weighted by molar-refractivity contribution is 8.07. The average Bonchev–Trinajstić information content (AvgIpc) is 2.66. The summed E-state index contributed by atoms with van der Waals surface area (Å²) >= 11 is 0. The van der Waals surface area contributed by atoms with Gasteiger partial charge in [-0.05, 0) is 272 Å². The molecule has 7 aromatic rings. The third kappa shape index (κ3) is 16.7. The fourth-order valence-electron chi connectivity index (χ4n) is 12.4. The van der Waals surface area contributed by atoms with E-state index in [1.165, 1.54) is 174 Å². The van der Waals surface area contributed by atoms with Crippen molar-refractivity contribution >= 4 is 63.7 Å². The number of ether oxygens (including phenoxy) is 2. The molecule has 0 aromatic heterocycles. The Bertz CT molecular complexity index is 3160. The van der Waals surface area contributed by atoms with E-state index in [1.807, 2.05) is 0 Å². The van der Waals surface area contributed by atoms with Crippen molar-refractivity contribution in [1.82, 2.24) is 0 Å². The van der Waals surface area contributed by atoms with Crippen LogP contribution in [0, 0.1) is 83.1 Å². The zero-order chi connectivity index (χ0) is 59.8. The number of hydrogen-bond acceptors (Lipinski definition) is 2. The van der Waals surface area contributed by atoms with Gasteiger partial charge in [0.2, 0.25) is 0 Å². The number of unbranched alkanes of at least 4 members (excludes halogenated alkanes) is 6. The summed E-state index contributed by atoms with van der Waals surface area (Å²) < 4.78 is 13.9. The molecule has 2 nitrogen and oxygen atoms in total. The molecule has 7 rings (SSSR count). The smallest absolute Gasteiger partial charge is 0.127 e. The van der Waals surface area contributed by atoms with E-state index in [0.29, 0.717) is 13.2 Å². The number of benzene rings is 7. The second kappa shape index (κ2) is 28.3. The Labute approximate surface area is 501 Å². The van der Waals surface area contributed by atoms with E-state index in [-0.39, 0.29) is 0 Å². The lowest BCUT2D eigenvalue weighted by molar-refractivity contribution is 0.296. The van der Waals surface area contributed by atoms with E-state index in [0.717, 1.165) is 48.3 Å². The minimum atomic E-state index is -1.30. The Morgan fingerprint density at radius 3 is 0.817 bits per heavy atom. The quantitative estimate of drug-likeness (QED) is 0.0383. The summed E-state index contributed by atoms with van der Waals surface area (Å²) in [5.41, 5.74) is 31.0. The first kappa shape index (κ1) is 64.6. The summed E-state index contributed by atoms with van der Waals surface area (Å²) in [6, 6.07) is 33.3. The zero-order valence-electron chi connectivity index (χ0n) is 54.1. The fraction of sp³-hybridized carbons (Fsp3) is 0.395. The summed E-state index contributed by atoms with van der Waals surface area (Å²) in [5, 5.41) is 2.87. The normalized spacial score (nSPS) is 12.2. The SMILES string of the molecule is CCCCCCOc1cc(/C=C/c2cc(-c3c(C)cc(C)cc3C)c(P=P(C)(C)C)c(-c3c(C)cc(C)cc3C)c2)c(OCCCCCC)cc1/C=C/c1cc(-c2c(C)cc(C)cc2C)c(P=P(C)(C)C)c(-c2c(C)cc(C)cc2C)c1. The molecule has 0 saturated carbocycles. The van der Waals surface area contributed by atoms with Crippen molar-refractivity contribution in [3.8, 4) is 56.0 Å². The molecule has 0 aliphatic rings. The average molecular weight is 1170 g/mol. The summed E-state index contributed by atoms with van der Waals surface area (Å²) in [5.74, 6) is 1.77. The summed E-state index contributed by atoms with van der Waals surface area (Å²) in [7, 11) is 2.81. The van der Waals surface area contributed by atoms with Crippen LogP contribution in [0.1, 0.15) is 154 Å². The van der Waals surface area contributed by atoms with Crippen molar-refractivity contribution < 1.29 is 9.47 Å². The number of aryl methyl sites for hydroxylation is 12. The highest BCUT2D eigenvalue weighted by Gasteiger charge is 2.23. The standard InChI is InChI=1S/C76H98O2P4/c1-21-23-25-27-33-77-69-47-64(32-30-62-45-67(73-57(11)39-51(5)40-58(73)12)76(80-82(18,19)20)68(46-62)74-59(13)41-52(6)42-60(74)14)70(78-34-28-26-24-22-2)48-63(69)31-29-61-43-65(71-53(7)35-49(3)36-54(71)8)75(79-81(15,16)17)66(44-61)72-55(9)37-50(4)38-56(72)10/h29-32,35-48H,21-28,33-34H2,1-20H3/b31-29+,32-30+. The topological polar surface area (TPSA) is 18.5 Å². The van der Waals surface area contributed by atoms with E-state index in [9.17, 15) is 0 Å². The Morgan fingerprint density at radius 1 is 0.329 bits per heavy atom. The molecule has 0 radical (unpaired) electrons. The number of hydrogen-bond donors (Lipinski definition) is 0. The van der Waals surface area contributed by atoms with Gasteiger partial charge in [-0.25, -0.2) is 0 Å². The van der Waals surface area contributed by atoms with Crippen LogP contribution in [0.5, 0.6) is 11.5 Å². The van der Waals surface area contributed by atoms with Crippen LogP contribution in [0.2, 0.25) is 0 Å². The van der Waals surface area contributed by atoms with Gasteiger partial charge >= 0.3 is 0 Å². The van der Waals surface area contributed by atoms with Crippen LogP contribution in [0.25, 0.3) is 68.8 Å². The van der Waals surface area contributed by atoms with Crippen molar-refractivity contribution in [2.45, 2.75) is 148 Å². The molecule has 7 aromatic carbocycles. The van der Waals surface area contributed by atoms with Gasteiger partial charge in [-0.2, -0.15) is 0 Å². The third-order valence-corrected chi connectivity index (χ3v) is 22.8. The van der Waals surface area contributed by atoms with E-state index in [4.69, 9.17) is 9.47 Å². The van der Waals surface area contributed by atoms with E-state index >= 15 is 0 Å². The molecule has 0 saturated heterocycles. The molecule has 0 aliphatic heterocycles. The molecule has 0 atom stereocenters. The maximum absolute atomic E-state index is 6.97. The van der Waals surface area contributed by atoms with Gasteiger partial charge < -0.3 is 9.47 Å². The van der Waals surface area contributed by atoms with E-state index < -0.39 is 13.1 Å². The Kier molecular flexibility index (Phi) is 22.3. The molecule has 0 aliphatic carbocycles. The first-order valence-corrected chi connectivity index (χ1v) is 39.8. The molecule has 0 spiro atoms. The predicted octanol–water partition coefficient (Wildman–Crippen LogP) is 23.1. The second-order valence-corrected chi connectivity index (χ2v) is 43.0. The highest BCUT2D eigenvalue weighted by atomic mass is 31.8. The summed E-state index contributed by atoms with van der Waals surface area (Å²) in [6.07, 6.45) is 18.4. The van der Waals surface area contributed by atoms with Crippen LogP contribution in [0.3, 0.4) is 0 Å². The Balaban J connectivity index is 1.49. The first-order valence-electron chi connectivity index (χ1n) is 30.3.